The summed E-state index contributed by atoms with van der Waals surface area (Å²) < 4.78 is 6.33. The van der Waals surface area contributed by atoms with Crippen LogP contribution in [0.15, 0.2) is 30.3 Å². The van der Waals surface area contributed by atoms with Gasteiger partial charge in [-0.15, -0.1) is 0 Å². The van der Waals surface area contributed by atoms with Crippen LogP contribution >= 0.6 is 0 Å². The Morgan fingerprint density at radius 2 is 1.79 bits per heavy atom. The van der Waals surface area contributed by atoms with E-state index in [0.29, 0.717) is 0 Å². The molecule has 1 aliphatic heterocycles. The average molecular weight is 323 g/mol. The molecule has 2 aromatic carbocycles. The highest BCUT2D eigenvalue weighted by Crippen LogP contribution is 2.45. The van der Waals surface area contributed by atoms with E-state index in [4.69, 9.17) is 4.74 Å². The molecule has 24 heavy (non-hydrogen) atoms. The highest BCUT2D eigenvalue weighted by atomic mass is 16.5. The predicted molar refractivity (Wildman–Crippen MR) is 102 cm³/mol. The van der Waals surface area contributed by atoms with Gasteiger partial charge in [0.1, 0.15) is 11.4 Å². The molecule has 0 radical (unpaired) electrons. The Morgan fingerprint density at radius 1 is 1.08 bits per heavy atom. The monoisotopic (exact) mass is 323 g/mol. The quantitative estimate of drug-likeness (QED) is 0.775. The molecule has 0 atom stereocenters. The van der Waals surface area contributed by atoms with Crippen molar-refractivity contribution in [3.05, 3.63) is 58.1 Å². The van der Waals surface area contributed by atoms with Crippen LogP contribution in [0.3, 0.4) is 0 Å². The Morgan fingerprint density at radius 3 is 2.46 bits per heavy atom. The van der Waals surface area contributed by atoms with Gasteiger partial charge < -0.3 is 10.1 Å². The first-order valence-electron chi connectivity index (χ1n) is 9.04. The summed E-state index contributed by atoms with van der Waals surface area (Å²) in [6, 6.07) is 10.6. The zero-order valence-electron chi connectivity index (χ0n) is 15.6. The first-order valence-corrected chi connectivity index (χ1v) is 9.04. The third-order valence-corrected chi connectivity index (χ3v) is 5.00. The highest BCUT2D eigenvalue weighted by Gasteiger charge is 2.34. The van der Waals surface area contributed by atoms with Crippen molar-refractivity contribution >= 4 is 5.69 Å². The molecule has 2 aromatic rings. The lowest BCUT2D eigenvalue weighted by Crippen LogP contribution is -2.25. The first kappa shape index (κ1) is 16.9. The standard InChI is InChI=1S/C22H29NO/c1-6-10-18-15(2)20(23-14-17-11-8-7-9-12-17)16(3)19-13-22(4,5)24-21(18)19/h7-9,11-12,23H,6,10,13-14H2,1-5H3. The lowest BCUT2D eigenvalue weighted by atomic mass is 9.90. The van der Waals surface area contributed by atoms with Crippen LogP contribution in [0.5, 0.6) is 5.75 Å². The Balaban J connectivity index is 1.99. The zero-order chi connectivity index (χ0) is 17.3. The summed E-state index contributed by atoms with van der Waals surface area (Å²) in [4.78, 5) is 0. The van der Waals surface area contributed by atoms with Crippen LogP contribution in [-0.4, -0.2) is 5.60 Å². The van der Waals surface area contributed by atoms with Gasteiger partial charge in [0.15, 0.2) is 0 Å². The normalized spacial score (nSPS) is 15.0. The molecule has 0 aliphatic carbocycles. The molecule has 2 heteroatoms. The molecule has 0 saturated carbocycles. The Hall–Kier alpha value is -1.96. The van der Waals surface area contributed by atoms with Crippen molar-refractivity contribution in [2.75, 3.05) is 5.32 Å². The maximum absolute atomic E-state index is 6.33. The predicted octanol–water partition coefficient (Wildman–Crippen LogP) is 5.58. The van der Waals surface area contributed by atoms with Gasteiger partial charge in [-0.25, -0.2) is 0 Å². The van der Waals surface area contributed by atoms with Crippen LogP contribution < -0.4 is 10.1 Å². The van der Waals surface area contributed by atoms with Crippen molar-refractivity contribution < 1.29 is 4.74 Å². The van der Waals surface area contributed by atoms with E-state index in [9.17, 15) is 0 Å². The number of benzene rings is 2. The maximum atomic E-state index is 6.33. The number of ether oxygens (including phenoxy) is 1. The molecule has 0 spiro atoms. The molecule has 1 N–H and O–H groups in total. The Kier molecular flexibility index (Phi) is 4.58. The van der Waals surface area contributed by atoms with Crippen LogP contribution in [0.1, 0.15) is 55.0 Å². The van der Waals surface area contributed by atoms with Crippen LogP contribution in [-0.2, 0) is 19.4 Å². The molecule has 0 unspecified atom stereocenters. The minimum Gasteiger partial charge on any atom is -0.487 e. The smallest absolute Gasteiger partial charge is 0.127 e. The maximum Gasteiger partial charge on any atom is 0.127 e. The van der Waals surface area contributed by atoms with E-state index in [1.165, 1.54) is 33.5 Å². The summed E-state index contributed by atoms with van der Waals surface area (Å²) in [6.07, 6.45) is 3.20. The van der Waals surface area contributed by atoms with E-state index in [0.717, 1.165) is 31.6 Å². The van der Waals surface area contributed by atoms with E-state index in [1.54, 1.807) is 0 Å². The Labute approximate surface area is 146 Å². The second-order valence-electron chi connectivity index (χ2n) is 7.54. The van der Waals surface area contributed by atoms with E-state index >= 15 is 0 Å². The first-order chi connectivity index (χ1) is 11.4. The second kappa shape index (κ2) is 6.51. The molecule has 128 valence electrons. The molecule has 1 aliphatic rings. The van der Waals surface area contributed by atoms with Crippen molar-refractivity contribution in [3.63, 3.8) is 0 Å². The average Bonchev–Trinajstić information content (AvgIpc) is 2.88. The molecule has 3 rings (SSSR count). The molecular weight excluding hydrogens is 294 g/mol. The third kappa shape index (κ3) is 3.15. The van der Waals surface area contributed by atoms with Gasteiger partial charge in [-0.3, -0.25) is 0 Å². The van der Waals surface area contributed by atoms with Crippen LogP contribution in [0.2, 0.25) is 0 Å². The number of fused-ring (bicyclic) bond motifs is 1. The van der Waals surface area contributed by atoms with E-state index in [1.807, 2.05) is 0 Å². The summed E-state index contributed by atoms with van der Waals surface area (Å²) in [5.41, 5.74) is 7.99. The summed E-state index contributed by atoms with van der Waals surface area (Å²) in [5, 5.41) is 3.70. The second-order valence-corrected chi connectivity index (χ2v) is 7.54. The number of hydrogen-bond donors (Lipinski definition) is 1. The molecule has 0 saturated heterocycles. The fourth-order valence-electron chi connectivity index (χ4n) is 3.78. The van der Waals surface area contributed by atoms with E-state index in [-0.39, 0.29) is 5.60 Å². The fourth-order valence-corrected chi connectivity index (χ4v) is 3.78. The van der Waals surface area contributed by atoms with Crippen molar-refractivity contribution in [1.82, 2.24) is 0 Å². The molecule has 0 aromatic heterocycles. The number of hydrogen-bond acceptors (Lipinski definition) is 2. The minimum atomic E-state index is -0.0971. The number of anilines is 1. The summed E-state index contributed by atoms with van der Waals surface area (Å²) >= 11 is 0. The summed E-state index contributed by atoms with van der Waals surface area (Å²) in [5.74, 6) is 1.15. The molecule has 1 heterocycles. The number of rotatable bonds is 5. The van der Waals surface area contributed by atoms with Gasteiger partial charge >= 0.3 is 0 Å². The van der Waals surface area contributed by atoms with E-state index < -0.39 is 0 Å². The summed E-state index contributed by atoms with van der Waals surface area (Å²) in [7, 11) is 0. The van der Waals surface area contributed by atoms with Crippen LogP contribution in [0.25, 0.3) is 0 Å². The van der Waals surface area contributed by atoms with Crippen LogP contribution in [0, 0.1) is 13.8 Å². The van der Waals surface area contributed by atoms with Crippen LogP contribution in [0.4, 0.5) is 5.69 Å². The third-order valence-electron chi connectivity index (χ3n) is 5.00. The van der Waals surface area contributed by atoms with Crippen molar-refractivity contribution in [2.24, 2.45) is 0 Å². The van der Waals surface area contributed by atoms with Crippen molar-refractivity contribution in [3.8, 4) is 5.75 Å². The molecule has 0 fully saturated rings. The summed E-state index contributed by atoms with van der Waals surface area (Å²) in [6.45, 7) is 11.9. The zero-order valence-corrected chi connectivity index (χ0v) is 15.6. The molecular formula is C22H29NO. The van der Waals surface area contributed by atoms with Gasteiger partial charge in [-0.05, 0) is 56.4 Å². The van der Waals surface area contributed by atoms with E-state index in [2.05, 4.69) is 70.3 Å². The van der Waals surface area contributed by atoms with Gasteiger partial charge in [0.25, 0.3) is 0 Å². The van der Waals surface area contributed by atoms with Gasteiger partial charge in [0.2, 0.25) is 0 Å². The molecule has 2 nitrogen and oxygen atoms in total. The lowest BCUT2D eigenvalue weighted by Gasteiger charge is -2.21. The molecule has 0 bridgehead atoms. The largest absolute Gasteiger partial charge is 0.487 e. The highest BCUT2D eigenvalue weighted by molar-refractivity contribution is 5.69. The lowest BCUT2D eigenvalue weighted by molar-refractivity contribution is 0.137. The van der Waals surface area contributed by atoms with Gasteiger partial charge in [0, 0.05) is 24.2 Å². The number of nitrogens with one attached hydrogen (secondary N) is 1. The van der Waals surface area contributed by atoms with Gasteiger partial charge in [0.05, 0.1) is 0 Å². The SMILES string of the molecule is CCCc1c(C)c(NCc2ccccc2)c(C)c2c1OC(C)(C)C2. The minimum absolute atomic E-state index is 0.0971. The van der Waals surface area contributed by atoms with Crippen molar-refractivity contribution in [1.29, 1.82) is 0 Å². The van der Waals surface area contributed by atoms with Crippen molar-refractivity contribution in [2.45, 2.75) is 66.0 Å². The fraction of sp³-hybridized carbons (Fsp3) is 0.455. The van der Waals surface area contributed by atoms with Gasteiger partial charge in [-0.1, -0.05) is 43.7 Å². The molecule has 0 amide bonds. The topological polar surface area (TPSA) is 21.3 Å². The Bertz CT molecular complexity index is 732. The van der Waals surface area contributed by atoms with Gasteiger partial charge in [-0.2, -0.15) is 0 Å².